The number of carbonyl (C=O) groups is 2. The molecule has 1 unspecified atom stereocenters. The van der Waals surface area contributed by atoms with Gasteiger partial charge < -0.3 is 10.2 Å². The fraction of sp³-hybridized carbons (Fsp3) is 0.417. The van der Waals surface area contributed by atoms with Gasteiger partial charge in [0.1, 0.15) is 11.9 Å². The number of hydrogen-bond donors (Lipinski definition) is 1. The lowest BCUT2D eigenvalue weighted by Crippen LogP contribution is -2.50. The maximum atomic E-state index is 13.3. The molecule has 30 heavy (non-hydrogen) atoms. The molecule has 3 rings (SSSR count). The first-order chi connectivity index (χ1) is 14.5. The van der Waals surface area contributed by atoms with Crippen LogP contribution in [0.3, 0.4) is 0 Å². The van der Waals surface area contributed by atoms with Gasteiger partial charge in [0, 0.05) is 17.5 Å². The maximum absolute atomic E-state index is 13.3. The number of carbonyl (C=O) groups excluding carboxylic acids is 2. The first kappa shape index (κ1) is 22.3. The molecule has 1 saturated carbocycles. The predicted molar refractivity (Wildman–Crippen MR) is 119 cm³/mol. The molecule has 1 atom stereocenters. The Morgan fingerprint density at radius 1 is 1.07 bits per heavy atom. The van der Waals surface area contributed by atoms with Crippen molar-refractivity contribution in [3.05, 3.63) is 66.0 Å². The lowest BCUT2D eigenvalue weighted by atomic mass is 9.95. The molecule has 2 aromatic carbocycles. The predicted octanol–water partition coefficient (Wildman–Crippen LogP) is 4.78. The second-order valence-electron chi connectivity index (χ2n) is 7.77. The third kappa shape index (κ3) is 6.59. The van der Waals surface area contributed by atoms with Crippen LogP contribution in [0, 0.1) is 5.82 Å². The molecule has 0 bridgehead atoms. The second kappa shape index (κ2) is 11.2. The summed E-state index contributed by atoms with van der Waals surface area (Å²) in [4.78, 5) is 28.6. The Balaban J connectivity index is 1.68. The average molecular weight is 429 g/mol. The highest BCUT2D eigenvalue weighted by Crippen LogP contribution is 2.21. The van der Waals surface area contributed by atoms with Gasteiger partial charge >= 0.3 is 0 Å². The molecule has 4 nitrogen and oxygen atoms in total. The van der Waals surface area contributed by atoms with Crippen LogP contribution in [0.2, 0.25) is 0 Å². The van der Waals surface area contributed by atoms with Crippen LogP contribution in [-0.4, -0.2) is 34.6 Å². The third-order valence-electron chi connectivity index (χ3n) is 5.49. The highest BCUT2D eigenvalue weighted by Gasteiger charge is 2.28. The lowest BCUT2D eigenvalue weighted by molar-refractivity contribution is -0.139. The third-order valence-corrected chi connectivity index (χ3v) is 6.49. The van der Waals surface area contributed by atoms with E-state index in [4.69, 9.17) is 0 Å². The standard InChI is InChI=1S/C24H29FN2O2S/c1-18(24(29)26-21-8-4-2-5-9-21)27(16-19-12-14-20(25)15-13-19)23(28)17-30-22-10-6-3-7-11-22/h3,6-7,10-15,18,21H,2,4-5,8-9,16-17H2,1H3,(H,26,29). The van der Waals surface area contributed by atoms with E-state index in [1.165, 1.54) is 30.3 Å². The Kier molecular flexibility index (Phi) is 8.31. The minimum absolute atomic E-state index is 0.112. The van der Waals surface area contributed by atoms with Crippen molar-refractivity contribution < 1.29 is 14.0 Å². The number of benzene rings is 2. The van der Waals surface area contributed by atoms with Gasteiger partial charge in [-0.15, -0.1) is 11.8 Å². The maximum Gasteiger partial charge on any atom is 0.242 e. The van der Waals surface area contributed by atoms with Gasteiger partial charge in [-0.05, 0) is 49.6 Å². The number of nitrogens with one attached hydrogen (secondary N) is 1. The second-order valence-corrected chi connectivity index (χ2v) is 8.82. The summed E-state index contributed by atoms with van der Waals surface area (Å²) in [5.41, 5.74) is 0.798. The van der Waals surface area contributed by atoms with Crippen LogP contribution in [0.25, 0.3) is 0 Å². The van der Waals surface area contributed by atoms with Crippen LogP contribution in [0.4, 0.5) is 4.39 Å². The minimum Gasteiger partial charge on any atom is -0.352 e. The first-order valence-electron chi connectivity index (χ1n) is 10.5. The van der Waals surface area contributed by atoms with E-state index in [9.17, 15) is 14.0 Å². The van der Waals surface area contributed by atoms with Gasteiger partial charge in [0.15, 0.2) is 0 Å². The van der Waals surface area contributed by atoms with Crippen LogP contribution in [0.1, 0.15) is 44.6 Å². The van der Waals surface area contributed by atoms with E-state index in [1.54, 1.807) is 24.0 Å². The highest BCUT2D eigenvalue weighted by molar-refractivity contribution is 8.00. The summed E-state index contributed by atoms with van der Waals surface area (Å²) in [6, 6.07) is 15.4. The van der Waals surface area contributed by atoms with Crippen LogP contribution < -0.4 is 5.32 Å². The molecule has 6 heteroatoms. The number of hydrogen-bond acceptors (Lipinski definition) is 3. The summed E-state index contributed by atoms with van der Waals surface area (Å²) in [5.74, 6) is -0.312. The molecule has 0 radical (unpaired) electrons. The van der Waals surface area contributed by atoms with Crippen LogP contribution in [0.15, 0.2) is 59.5 Å². The van der Waals surface area contributed by atoms with Crippen molar-refractivity contribution in [2.75, 3.05) is 5.75 Å². The van der Waals surface area contributed by atoms with Crippen molar-refractivity contribution in [2.24, 2.45) is 0 Å². The molecule has 2 amide bonds. The summed E-state index contributed by atoms with van der Waals surface area (Å²) < 4.78 is 13.3. The normalized spacial score (nSPS) is 15.4. The lowest BCUT2D eigenvalue weighted by Gasteiger charge is -2.31. The van der Waals surface area contributed by atoms with Gasteiger partial charge in [0.05, 0.1) is 5.75 Å². The van der Waals surface area contributed by atoms with E-state index in [0.717, 1.165) is 36.1 Å². The van der Waals surface area contributed by atoms with E-state index in [1.807, 2.05) is 30.3 Å². The highest BCUT2D eigenvalue weighted by atomic mass is 32.2. The minimum atomic E-state index is -0.596. The van der Waals surface area contributed by atoms with Crippen molar-refractivity contribution in [1.82, 2.24) is 10.2 Å². The summed E-state index contributed by atoms with van der Waals surface area (Å²) in [7, 11) is 0. The van der Waals surface area contributed by atoms with E-state index >= 15 is 0 Å². The van der Waals surface area contributed by atoms with Gasteiger partial charge in [-0.2, -0.15) is 0 Å². The monoisotopic (exact) mass is 428 g/mol. The van der Waals surface area contributed by atoms with Crippen LogP contribution in [-0.2, 0) is 16.1 Å². The molecule has 0 aromatic heterocycles. The number of amides is 2. The molecule has 1 aliphatic rings. The van der Waals surface area contributed by atoms with E-state index in [-0.39, 0.29) is 36.0 Å². The molecule has 2 aromatic rings. The SMILES string of the molecule is CC(C(=O)NC1CCCCC1)N(Cc1ccc(F)cc1)C(=O)CSc1ccccc1. The number of halogens is 1. The topological polar surface area (TPSA) is 49.4 Å². The molecule has 1 aliphatic carbocycles. The van der Waals surface area contributed by atoms with Crippen molar-refractivity contribution >= 4 is 23.6 Å². The summed E-state index contributed by atoms with van der Waals surface area (Å²) in [6.07, 6.45) is 5.47. The number of rotatable bonds is 8. The van der Waals surface area contributed by atoms with Crippen molar-refractivity contribution in [3.8, 4) is 0 Å². The molecular weight excluding hydrogens is 399 g/mol. The van der Waals surface area contributed by atoms with Gasteiger partial charge in [0.2, 0.25) is 11.8 Å². The van der Waals surface area contributed by atoms with Gasteiger partial charge in [-0.3, -0.25) is 9.59 Å². The molecule has 0 aliphatic heterocycles. The molecule has 0 saturated heterocycles. The van der Waals surface area contributed by atoms with Gasteiger partial charge in [0.25, 0.3) is 0 Å². The molecular formula is C24H29FN2O2S. The zero-order valence-corrected chi connectivity index (χ0v) is 18.2. The largest absolute Gasteiger partial charge is 0.352 e. The van der Waals surface area contributed by atoms with Crippen LogP contribution in [0.5, 0.6) is 0 Å². The zero-order chi connectivity index (χ0) is 21.3. The zero-order valence-electron chi connectivity index (χ0n) is 17.4. The van der Waals surface area contributed by atoms with E-state index in [0.29, 0.717) is 0 Å². The Hall–Kier alpha value is -2.34. The molecule has 1 N–H and O–H groups in total. The van der Waals surface area contributed by atoms with Gasteiger partial charge in [-0.1, -0.05) is 49.6 Å². The average Bonchev–Trinajstić information content (AvgIpc) is 2.78. The Morgan fingerprint density at radius 3 is 2.40 bits per heavy atom. The fourth-order valence-corrected chi connectivity index (χ4v) is 4.49. The quantitative estimate of drug-likeness (QED) is 0.616. The first-order valence-corrected chi connectivity index (χ1v) is 11.5. The summed E-state index contributed by atoms with van der Waals surface area (Å²) in [5, 5.41) is 3.12. The number of thioether (sulfide) groups is 1. The van der Waals surface area contributed by atoms with Crippen molar-refractivity contribution in [1.29, 1.82) is 0 Å². The smallest absolute Gasteiger partial charge is 0.242 e. The summed E-state index contributed by atoms with van der Waals surface area (Å²) >= 11 is 1.45. The Labute approximate surface area is 182 Å². The van der Waals surface area contributed by atoms with Crippen molar-refractivity contribution in [2.45, 2.75) is 62.6 Å². The molecule has 1 fully saturated rings. The summed E-state index contributed by atoms with van der Waals surface area (Å²) in [6.45, 7) is 2.04. The number of nitrogens with zero attached hydrogens (tertiary/aromatic N) is 1. The fourth-order valence-electron chi connectivity index (χ4n) is 3.68. The van der Waals surface area contributed by atoms with Crippen molar-refractivity contribution in [3.63, 3.8) is 0 Å². The van der Waals surface area contributed by atoms with E-state index < -0.39 is 6.04 Å². The Morgan fingerprint density at radius 2 is 1.73 bits per heavy atom. The molecule has 160 valence electrons. The molecule has 0 heterocycles. The van der Waals surface area contributed by atoms with Crippen LogP contribution >= 0.6 is 11.8 Å². The van der Waals surface area contributed by atoms with Gasteiger partial charge in [-0.25, -0.2) is 4.39 Å². The van der Waals surface area contributed by atoms with E-state index in [2.05, 4.69) is 5.32 Å². The molecule has 0 spiro atoms. The Bertz CT molecular complexity index is 823.